The fraction of sp³-hybridized carbons (Fsp3) is 0.357. The second kappa shape index (κ2) is 6.93. The molecule has 0 aliphatic heterocycles. The first-order chi connectivity index (χ1) is 9.69. The van der Waals surface area contributed by atoms with Crippen molar-refractivity contribution in [2.24, 2.45) is 0 Å². The number of nitrogens with one attached hydrogen (secondary N) is 2. The molecule has 1 atom stereocenters. The second-order valence-electron chi connectivity index (χ2n) is 4.68. The molecule has 1 aromatic carbocycles. The van der Waals surface area contributed by atoms with E-state index in [4.69, 9.17) is 0 Å². The Kier molecular flexibility index (Phi) is 4.97. The molecule has 0 unspecified atom stereocenters. The maximum absolute atomic E-state index is 9.66. The monoisotopic (exact) mass is 277 g/mol. The van der Waals surface area contributed by atoms with E-state index in [1.165, 1.54) is 12.1 Å². The SMILES string of the molecule is OC[C@H](Cc1cnc[nH]1)NCCc1cc(O)ccc1O. The van der Waals surface area contributed by atoms with Gasteiger partial charge in [-0.2, -0.15) is 0 Å². The van der Waals surface area contributed by atoms with Crippen molar-refractivity contribution < 1.29 is 15.3 Å². The summed E-state index contributed by atoms with van der Waals surface area (Å²) in [6.07, 6.45) is 4.56. The summed E-state index contributed by atoms with van der Waals surface area (Å²) in [4.78, 5) is 6.92. The highest BCUT2D eigenvalue weighted by atomic mass is 16.3. The molecule has 0 aliphatic carbocycles. The Labute approximate surface area is 117 Å². The van der Waals surface area contributed by atoms with Gasteiger partial charge in [0.15, 0.2) is 0 Å². The van der Waals surface area contributed by atoms with Crippen molar-refractivity contribution in [1.82, 2.24) is 15.3 Å². The van der Waals surface area contributed by atoms with Crippen molar-refractivity contribution in [2.45, 2.75) is 18.9 Å². The number of H-pyrrole nitrogens is 1. The Morgan fingerprint density at radius 1 is 1.30 bits per heavy atom. The van der Waals surface area contributed by atoms with E-state index in [1.54, 1.807) is 18.6 Å². The fourth-order valence-corrected chi connectivity index (χ4v) is 2.05. The summed E-state index contributed by atoms with van der Waals surface area (Å²) >= 11 is 0. The van der Waals surface area contributed by atoms with Gasteiger partial charge in [-0.05, 0) is 36.7 Å². The lowest BCUT2D eigenvalue weighted by molar-refractivity contribution is 0.241. The Balaban J connectivity index is 1.83. The molecule has 0 radical (unpaired) electrons. The van der Waals surface area contributed by atoms with Crippen LogP contribution in [0.3, 0.4) is 0 Å². The average Bonchev–Trinajstić information content (AvgIpc) is 2.94. The van der Waals surface area contributed by atoms with E-state index in [9.17, 15) is 15.3 Å². The molecule has 0 bridgehead atoms. The molecule has 2 aromatic rings. The van der Waals surface area contributed by atoms with E-state index in [0.717, 1.165) is 5.69 Å². The first-order valence-corrected chi connectivity index (χ1v) is 6.51. The molecule has 0 saturated carbocycles. The third kappa shape index (κ3) is 3.97. The number of phenolic OH excluding ortho intramolecular Hbond substituents is 2. The van der Waals surface area contributed by atoms with Crippen LogP contribution in [0.15, 0.2) is 30.7 Å². The molecule has 5 N–H and O–H groups in total. The molecule has 6 nitrogen and oxygen atoms in total. The summed E-state index contributed by atoms with van der Waals surface area (Å²) in [5.74, 6) is 0.299. The van der Waals surface area contributed by atoms with Gasteiger partial charge < -0.3 is 25.6 Å². The molecule has 1 heterocycles. The van der Waals surface area contributed by atoms with E-state index in [2.05, 4.69) is 15.3 Å². The maximum atomic E-state index is 9.66. The van der Waals surface area contributed by atoms with Crippen molar-refractivity contribution in [1.29, 1.82) is 0 Å². The van der Waals surface area contributed by atoms with Crippen LogP contribution >= 0.6 is 0 Å². The van der Waals surface area contributed by atoms with Gasteiger partial charge in [-0.25, -0.2) is 4.98 Å². The van der Waals surface area contributed by atoms with E-state index in [-0.39, 0.29) is 24.1 Å². The molecule has 1 aromatic heterocycles. The van der Waals surface area contributed by atoms with Crippen molar-refractivity contribution in [3.63, 3.8) is 0 Å². The summed E-state index contributed by atoms with van der Waals surface area (Å²) < 4.78 is 0. The molecule has 6 heteroatoms. The lowest BCUT2D eigenvalue weighted by atomic mass is 10.1. The van der Waals surface area contributed by atoms with Gasteiger partial charge in [0.2, 0.25) is 0 Å². The van der Waals surface area contributed by atoms with Gasteiger partial charge in [-0.3, -0.25) is 0 Å². The van der Waals surface area contributed by atoms with Gasteiger partial charge in [0.1, 0.15) is 11.5 Å². The number of phenols is 2. The zero-order chi connectivity index (χ0) is 14.4. The summed E-state index contributed by atoms with van der Waals surface area (Å²) in [6.45, 7) is 0.613. The summed E-state index contributed by atoms with van der Waals surface area (Å²) in [5.41, 5.74) is 1.63. The molecular formula is C14H19N3O3. The molecular weight excluding hydrogens is 258 g/mol. The minimum absolute atomic E-state index is 0.0189. The van der Waals surface area contributed by atoms with Gasteiger partial charge in [-0.1, -0.05) is 0 Å². The number of aromatic nitrogens is 2. The van der Waals surface area contributed by atoms with Crippen LogP contribution in [0.4, 0.5) is 0 Å². The molecule has 0 aliphatic rings. The predicted molar refractivity (Wildman–Crippen MR) is 74.6 cm³/mol. The molecule has 0 saturated heterocycles. The van der Waals surface area contributed by atoms with Crippen molar-refractivity contribution >= 4 is 0 Å². The third-order valence-corrected chi connectivity index (χ3v) is 3.13. The van der Waals surface area contributed by atoms with E-state index < -0.39 is 0 Å². The van der Waals surface area contributed by atoms with Crippen LogP contribution in [0.25, 0.3) is 0 Å². The van der Waals surface area contributed by atoms with Gasteiger partial charge in [-0.15, -0.1) is 0 Å². The Morgan fingerprint density at radius 3 is 2.85 bits per heavy atom. The van der Waals surface area contributed by atoms with Crippen molar-refractivity contribution in [2.75, 3.05) is 13.2 Å². The van der Waals surface area contributed by atoms with Crippen LogP contribution in [0.1, 0.15) is 11.3 Å². The van der Waals surface area contributed by atoms with Crippen LogP contribution in [-0.2, 0) is 12.8 Å². The van der Waals surface area contributed by atoms with Crippen molar-refractivity contribution in [3.8, 4) is 11.5 Å². The molecule has 0 fully saturated rings. The molecule has 108 valence electrons. The van der Waals surface area contributed by atoms with Crippen LogP contribution in [0, 0.1) is 0 Å². The number of aliphatic hydroxyl groups is 1. The Bertz CT molecular complexity index is 528. The summed E-state index contributed by atoms with van der Waals surface area (Å²) in [6, 6.07) is 4.38. The number of aromatic amines is 1. The standard InChI is InChI=1S/C14H19N3O3/c18-8-12(6-11-7-15-9-17-11)16-4-3-10-5-13(19)1-2-14(10)20/h1-2,5,7,9,12,16,18-20H,3-4,6,8H2,(H,15,17)/t12-/m0/s1. The maximum Gasteiger partial charge on any atom is 0.119 e. The Hall–Kier alpha value is -2.05. The second-order valence-corrected chi connectivity index (χ2v) is 4.68. The highest BCUT2D eigenvalue weighted by Gasteiger charge is 2.09. The van der Waals surface area contributed by atoms with Crippen LogP contribution in [0.2, 0.25) is 0 Å². The lowest BCUT2D eigenvalue weighted by Crippen LogP contribution is -2.36. The number of imidazole rings is 1. The smallest absolute Gasteiger partial charge is 0.119 e. The first kappa shape index (κ1) is 14.4. The Morgan fingerprint density at radius 2 is 2.15 bits per heavy atom. The number of hydrogen-bond donors (Lipinski definition) is 5. The topological polar surface area (TPSA) is 101 Å². The molecule has 2 rings (SSSR count). The summed E-state index contributed by atoms with van der Waals surface area (Å²) in [7, 11) is 0. The summed E-state index contributed by atoms with van der Waals surface area (Å²) in [5, 5.41) is 31.6. The fourth-order valence-electron chi connectivity index (χ4n) is 2.05. The number of aliphatic hydroxyl groups excluding tert-OH is 1. The highest BCUT2D eigenvalue weighted by Crippen LogP contribution is 2.22. The molecule has 0 amide bonds. The van der Waals surface area contributed by atoms with Gasteiger partial charge in [0.25, 0.3) is 0 Å². The van der Waals surface area contributed by atoms with E-state index in [1.807, 2.05) is 0 Å². The zero-order valence-electron chi connectivity index (χ0n) is 11.1. The quantitative estimate of drug-likeness (QED) is 0.476. The molecule has 20 heavy (non-hydrogen) atoms. The first-order valence-electron chi connectivity index (χ1n) is 6.51. The zero-order valence-corrected chi connectivity index (χ0v) is 11.1. The number of hydrogen-bond acceptors (Lipinski definition) is 5. The van der Waals surface area contributed by atoms with Gasteiger partial charge >= 0.3 is 0 Å². The van der Waals surface area contributed by atoms with Crippen LogP contribution in [0.5, 0.6) is 11.5 Å². The minimum atomic E-state index is -0.0742. The largest absolute Gasteiger partial charge is 0.508 e. The molecule has 0 spiro atoms. The van der Waals surface area contributed by atoms with Gasteiger partial charge in [0, 0.05) is 24.4 Å². The number of benzene rings is 1. The highest BCUT2D eigenvalue weighted by molar-refractivity contribution is 5.38. The number of rotatable bonds is 7. The number of aromatic hydroxyl groups is 2. The number of nitrogens with zero attached hydrogens (tertiary/aromatic N) is 1. The van der Waals surface area contributed by atoms with Crippen molar-refractivity contribution in [3.05, 3.63) is 42.0 Å². The van der Waals surface area contributed by atoms with Crippen LogP contribution < -0.4 is 5.32 Å². The van der Waals surface area contributed by atoms with E-state index in [0.29, 0.717) is 24.9 Å². The normalized spacial score (nSPS) is 12.4. The minimum Gasteiger partial charge on any atom is -0.508 e. The van der Waals surface area contributed by atoms with Crippen LogP contribution in [-0.4, -0.2) is 44.5 Å². The average molecular weight is 277 g/mol. The van der Waals surface area contributed by atoms with Gasteiger partial charge in [0.05, 0.1) is 12.9 Å². The lowest BCUT2D eigenvalue weighted by Gasteiger charge is -2.15. The van der Waals surface area contributed by atoms with E-state index >= 15 is 0 Å². The third-order valence-electron chi connectivity index (χ3n) is 3.13. The predicted octanol–water partition coefficient (Wildman–Crippen LogP) is 0.557.